The van der Waals surface area contributed by atoms with Crippen molar-refractivity contribution in [2.45, 2.75) is 19.8 Å². The Labute approximate surface area is 109 Å². The van der Waals surface area contributed by atoms with Gasteiger partial charge in [0.05, 0.1) is 0 Å². The second-order valence-corrected chi connectivity index (χ2v) is 5.45. The summed E-state index contributed by atoms with van der Waals surface area (Å²) in [5.41, 5.74) is 3.37. The van der Waals surface area contributed by atoms with Gasteiger partial charge in [-0.2, -0.15) is 0 Å². The summed E-state index contributed by atoms with van der Waals surface area (Å²) in [5, 5.41) is 0. The van der Waals surface area contributed by atoms with Gasteiger partial charge in [0.25, 0.3) is 0 Å². The molecule has 1 aromatic carbocycles. The van der Waals surface area contributed by atoms with Gasteiger partial charge < -0.3 is 4.90 Å². The molecule has 0 spiro atoms. The van der Waals surface area contributed by atoms with E-state index >= 15 is 0 Å². The molecule has 0 aliphatic heterocycles. The van der Waals surface area contributed by atoms with E-state index < -0.39 is 0 Å². The minimum Gasteiger partial charge on any atom is -0.309 e. The van der Waals surface area contributed by atoms with Crippen molar-refractivity contribution in [2.24, 2.45) is 5.92 Å². The molecule has 1 aliphatic carbocycles. The van der Waals surface area contributed by atoms with Gasteiger partial charge in [-0.1, -0.05) is 29.8 Å². The van der Waals surface area contributed by atoms with Crippen LogP contribution >= 0.6 is 0 Å². The molecule has 2 rings (SSSR count). The molecule has 96 valence electrons. The number of hydrogen-bond acceptors (Lipinski definition) is 2. The number of benzene rings is 1. The molecule has 0 radical (unpaired) electrons. The van der Waals surface area contributed by atoms with Crippen LogP contribution in [0.15, 0.2) is 29.8 Å². The van der Waals surface area contributed by atoms with Crippen LogP contribution in [0.3, 0.4) is 0 Å². The Morgan fingerprint density at radius 3 is 2.83 bits per heavy atom. The van der Waals surface area contributed by atoms with Crippen LogP contribution in [0.2, 0.25) is 0 Å². The molecular weight excluding hydrogens is 222 g/mol. The van der Waals surface area contributed by atoms with E-state index in [1.165, 1.54) is 5.56 Å². The number of nitrogens with zero attached hydrogens (tertiary/aromatic N) is 1. The van der Waals surface area contributed by atoms with Gasteiger partial charge >= 0.3 is 0 Å². The summed E-state index contributed by atoms with van der Waals surface area (Å²) < 4.78 is 0. The Hall–Kier alpha value is -1.41. The average molecular weight is 243 g/mol. The Balaban J connectivity index is 2.13. The van der Waals surface area contributed by atoms with Crippen LogP contribution in [0.5, 0.6) is 0 Å². The third-order valence-corrected chi connectivity index (χ3v) is 3.42. The molecule has 0 N–H and O–H groups in total. The summed E-state index contributed by atoms with van der Waals surface area (Å²) in [5.74, 6) is 0.529. The molecule has 0 heterocycles. The maximum atomic E-state index is 12.2. The maximum Gasteiger partial charge on any atom is 0.163 e. The predicted molar refractivity (Wildman–Crippen MR) is 75.4 cm³/mol. The van der Waals surface area contributed by atoms with E-state index in [1.54, 1.807) is 0 Å². The molecular formula is C16H21NO. The Morgan fingerprint density at radius 2 is 2.17 bits per heavy atom. The van der Waals surface area contributed by atoms with Crippen molar-refractivity contribution in [2.75, 3.05) is 20.6 Å². The molecule has 18 heavy (non-hydrogen) atoms. The minimum atomic E-state index is 0.191. The van der Waals surface area contributed by atoms with Crippen molar-refractivity contribution < 1.29 is 4.79 Å². The second-order valence-electron chi connectivity index (χ2n) is 5.45. The number of aryl methyl sites for hydroxylation is 1. The third-order valence-electron chi connectivity index (χ3n) is 3.42. The van der Waals surface area contributed by atoms with E-state index in [0.29, 0.717) is 5.78 Å². The van der Waals surface area contributed by atoms with E-state index in [9.17, 15) is 4.79 Å². The van der Waals surface area contributed by atoms with Crippen molar-refractivity contribution in [3.63, 3.8) is 0 Å². The number of rotatable bonds is 3. The van der Waals surface area contributed by atoms with Gasteiger partial charge in [-0.05, 0) is 51.1 Å². The molecule has 0 bridgehead atoms. The van der Waals surface area contributed by atoms with Crippen molar-refractivity contribution >= 4 is 11.9 Å². The lowest BCUT2D eigenvalue weighted by Crippen LogP contribution is -2.24. The van der Waals surface area contributed by atoms with E-state index in [0.717, 1.165) is 30.5 Å². The van der Waals surface area contributed by atoms with Crippen LogP contribution < -0.4 is 0 Å². The highest BCUT2D eigenvalue weighted by Gasteiger charge is 2.29. The summed E-state index contributed by atoms with van der Waals surface area (Å²) in [6, 6.07) is 8.30. The van der Waals surface area contributed by atoms with E-state index in [4.69, 9.17) is 0 Å². The third kappa shape index (κ3) is 3.08. The lowest BCUT2D eigenvalue weighted by molar-refractivity contribution is -0.118. The molecule has 1 unspecified atom stereocenters. The fourth-order valence-corrected chi connectivity index (χ4v) is 2.57. The van der Waals surface area contributed by atoms with Crippen molar-refractivity contribution in [1.29, 1.82) is 0 Å². The standard InChI is InChI=1S/C16H21NO/c1-12-5-4-6-13(9-12)10-14-7-8-15(16(14)18)11-17(2)3/h4-6,9-10,15H,7-8,11H2,1-3H3/b14-10+. The molecule has 0 saturated heterocycles. The van der Waals surface area contributed by atoms with Gasteiger partial charge in [-0.3, -0.25) is 4.79 Å². The summed E-state index contributed by atoms with van der Waals surface area (Å²) in [7, 11) is 4.05. The fraction of sp³-hybridized carbons (Fsp3) is 0.438. The highest BCUT2D eigenvalue weighted by Crippen LogP contribution is 2.28. The SMILES string of the molecule is Cc1cccc(/C=C2\CCC(CN(C)C)C2=O)c1. The van der Waals surface area contributed by atoms with Gasteiger partial charge in [0.1, 0.15) is 0 Å². The zero-order valence-electron chi connectivity index (χ0n) is 11.4. The van der Waals surface area contributed by atoms with Crippen LogP contribution in [0, 0.1) is 12.8 Å². The monoisotopic (exact) mass is 243 g/mol. The number of hydrogen-bond donors (Lipinski definition) is 0. The van der Waals surface area contributed by atoms with Crippen LogP contribution in [-0.4, -0.2) is 31.3 Å². The van der Waals surface area contributed by atoms with Crippen molar-refractivity contribution in [3.8, 4) is 0 Å². The molecule has 1 saturated carbocycles. The topological polar surface area (TPSA) is 20.3 Å². The zero-order chi connectivity index (χ0) is 13.1. The first-order chi connectivity index (χ1) is 8.56. The molecule has 1 atom stereocenters. The highest BCUT2D eigenvalue weighted by molar-refractivity contribution is 6.03. The second kappa shape index (κ2) is 5.49. The largest absolute Gasteiger partial charge is 0.309 e. The number of allylic oxidation sites excluding steroid dienone is 1. The first kappa shape index (κ1) is 13.0. The number of ketones is 1. The normalized spacial score (nSPS) is 22.1. The molecule has 1 fully saturated rings. The summed E-state index contributed by atoms with van der Waals surface area (Å²) >= 11 is 0. The van der Waals surface area contributed by atoms with Crippen LogP contribution in [-0.2, 0) is 4.79 Å². The summed E-state index contributed by atoms with van der Waals surface area (Å²) in [6.07, 6.45) is 3.98. The predicted octanol–water partition coefficient (Wildman–Crippen LogP) is 2.92. The van der Waals surface area contributed by atoms with Gasteiger partial charge in [0.2, 0.25) is 0 Å². The van der Waals surface area contributed by atoms with Gasteiger partial charge in [0.15, 0.2) is 5.78 Å². The molecule has 1 aromatic rings. The summed E-state index contributed by atoms with van der Waals surface area (Å²) in [6.45, 7) is 2.94. The smallest absolute Gasteiger partial charge is 0.163 e. The molecule has 0 aromatic heterocycles. The van der Waals surface area contributed by atoms with Gasteiger partial charge in [0, 0.05) is 12.5 Å². The molecule has 2 heteroatoms. The first-order valence-electron chi connectivity index (χ1n) is 6.52. The molecule has 1 aliphatic rings. The lowest BCUT2D eigenvalue weighted by Gasteiger charge is -2.13. The average Bonchev–Trinajstić information content (AvgIpc) is 2.61. The van der Waals surface area contributed by atoms with Crippen LogP contribution in [0.4, 0.5) is 0 Å². The van der Waals surface area contributed by atoms with Crippen LogP contribution in [0.1, 0.15) is 24.0 Å². The van der Waals surface area contributed by atoms with E-state index in [2.05, 4.69) is 36.1 Å². The Morgan fingerprint density at radius 1 is 1.39 bits per heavy atom. The highest BCUT2D eigenvalue weighted by atomic mass is 16.1. The molecule has 2 nitrogen and oxygen atoms in total. The van der Waals surface area contributed by atoms with Crippen molar-refractivity contribution in [1.82, 2.24) is 4.90 Å². The Kier molecular flexibility index (Phi) is 3.97. The Bertz CT molecular complexity index is 474. The van der Waals surface area contributed by atoms with Crippen LogP contribution in [0.25, 0.3) is 6.08 Å². The van der Waals surface area contributed by atoms with Gasteiger partial charge in [-0.25, -0.2) is 0 Å². The number of carbonyl (C=O) groups excluding carboxylic acids is 1. The quantitative estimate of drug-likeness (QED) is 0.761. The number of Topliss-reactive ketones (excluding diaryl/α,β-unsaturated/α-hetero) is 1. The first-order valence-corrected chi connectivity index (χ1v) is 6.52. The van der Waals surface area contributed by atoms with Crippen molar-refractivity contribution in [3.05, 3.63) is 41.0 Å². The maximum absolute atomic E-state index is 12.2. The fourth-order valence-electron chi connectivity index (χ4n) is 2.57. The van der Waals surface area contributed by atoms with E-state index in [-0.39, 0.29) is 5.92 Å². The number of carbonyl (C=O) groups is 1. The van der Waals surface area contributed by atoms with Gasteiger partial charge in [-0.15, -0.1) is 0 Å². The zero-order valence-corrected chi connectivity index (χ0v) is 11.4. The minimum absolute atomic E-state index is 0.191. The summed E-state index contributed by atoms with van der Waals surface area (Å²) in [4.78, 5) is 14.3. The molecule has 0 amide bonds. The van der Waals surface area contributed by atoms with E-state index in [1.807, 2.05) is 20.2 Å². The lowest BCUT2D eigenvalue weighted by atomic mass is 10.0.